The molecule has 2 aromatic carbocycles. The molecular formula is C23H16Cl2F2N2O5. The number of ether oxygens (including phenoxy) is 1. The highest BCUT2D eigenvalue weighted by atomic mass is 35.5. The smallest absolute Gasteiger partial charge is 0.287 e. The van der Waals surface area contributed by atoms with Gasteiger partial charge >= 0.3 is 0 Å². The summed E-state index contributed by atoms with van der Waals surface area (Å²) in [6.45, 7) is -0.298. The lowest BCUT2D eigenvalue weighted by Gasteiger charge is -2.70. The molecule has 176 valence electrons. The SMILES string of the molecule is O=C(COc1ccc(Cl)c(F)c1)NC12CC(NC(=O)c3cc(=O)c4cc(F)c(Cl)cc4o3)(C1)C2. The van der Waals surface area contributed by atoms with Crippen molar-refractivity contribution >= 4 is 46.0 Å². The van der Waals surface area contributed by atoms with Gasteiger partial charge in [0.2, 0.25) is 0 Å². The van der Waals surface area contributed by atoms with Gasteiger partial charge in [0, 0.05) is 29.3 Å². The molecule has 7 nitrogen and oxygen atoms in total. The van der Waals surface area contributed by atoms with Gasteiger partial charge in [-0.1, -0.05) is 23.2 Å². The van der Waals surface area contributed by atoms with Crippen molar-refractivity contribution in [2.75, 3.05) is 6.61 Å². The fourth-order valence-electron chi connectivity index (χ4n) is 4.67. The van der Waals surface area contributed by atoms with Crippen molar-refractivity contribution in [1.82, 2.24) is 10.6 Å². The maximum Gasteiger partial charge on any atom is 0.287 e. The number of amides is 2. The Bertz CT molecular complexity index is 1400. The van der Waals surface area contributed by atoms with Crippen molar-refractivity contribution < 1.29 is 27.5 Å². The molecule has 0 aliphatic heterocycles. The van der Waals surface area contributed by atoms with Crippen molar-refractivity contribution in [3.63, 3.8) is 0 Å². The molecule has 3 saturated carbocycles. The third kappa shape index (κ3) is 3.99. The molecule has 6 rings (SSSR count). The Labute approximate surface area is 201 Å². The summed E-state index contributed by atoms with van der Waals surface area (Å²) in [6, 6.07) is 7.01. The zero-order valence-electron chi connectivity index (χ0n) is 17.3. The highest BCUT2D eigenvalue weighted by Gasteiger charge is 2.69. The van der Waals surface area contributed by atoms with Crippen LogP contribution in [0.1, 0.15) is 29.8 Å². The van der Waals surface area contributed by atoms with Gasteiger partial charge in [0.1, 0.15) is 23.0 Å². The van der Waals surface area contributed by atoms with E-state index in [-0.39, 0.29) is 45.0 Å². The second-order valence-electron chi connectivity index (χ2n) is 8.70. The van der Waals surface area contributed by atoms with E-state index in [1.807, 2.05) is 0 Å². The molecule has 34 heavy (non-hydrogen) atoms. The molecule has 3 aromatic rings. The van der Waals surface area contributed by atoms with Gasteiger partial charge in [0.25, 0.3) is 11.8 Å². The van der Waals surface area contributed by atoms with Gasteiger partial charge in [-0.3, -0.25) is 14.4 Å². The van der Waals surface area contributed by atoms with Crippen LogP contribution >= 0.6 is 23.2 Å². The molecule has 3 aliphatic carbocycles. The Morgan fingerprint density at radius 3 is 2.35 bits per heavy atom. The molecule has 0 spiro atoms. The summed E-state index contributed by atoms with van der Waals surface area (Å²) in [6.07, 6.45) is 1.51. The number of nitrogens with one attached hydrogen (secondary N) is 2. The third-order valence-corrected chi connectivity index (χ3v) is 6.66. The number of carbonyl (C=O) groups excluding carboxylic acids is 2. The summed E-state index contributed by atoms with van der Waals surface area (Å²) in [5, 5.41) is 5.44. The maximum absolute atomic E-state index is 13.6. The second kappa shape index (κ2) is 7.95. The Morgan fingerprint density at radius 1 is 0.971 bits per heavy atom. The van der Waals surface area contributed by atoms with Crippen LogP contribution in [-0.4, -0.2) is 29.5 Å². The molecule has 3 aliphatic rings. The number of hydrogen-bond acceptors (Lipinski definition) is 5. The van der Waals surface area contributed by atoms with Gasteiger partial charge in [-0.05, 0) is 37.5 Å². The highest BCUT2D eigenvalue weighted by molar-refractivity contribution is 6.31. The van der Waals surface area contributed by atoms with E-state index >= 15 is 0 Å². The first-order valence-corrected chi connectivity index (χ1v) is 11.0. The largest absolute Gasteiger partial charge is 0.484 e. The van der Waals surface area contributed by atoms with Gasteiger partial charge < -0.3 is 19.8 Å². The lowest BCUT2D eigenvalue weighted by Crippen LogP contribution is -2.84. The Balaban J connectivity index is 1.17. The van der Waals surface area contributed by atoms with Crippen molar-refractivity contribution in [2.45, 2.75) is 30.3 Å². The van der Waals surface area contributed by atoms with Gasteiger partial charge in [0.15, 0.2) is 17.8 Å². The van der Waals surface area contributed by atoms with Crippen LogP contribution in [0.3, 0.4) is 0 Å². The molecule has 0 atom stereocenters. The predicted molar refractivity (Wildman–Crippen MR) is 119 cm³/mol. The number of carbonyl (C=O) groups is 2. The monoisotopic (exact) mass is 508 g/mol. The number of benzene rings is 2. The average Bonchev–Trinajstić information content (AvgIpc) is 2.73. The Kier molecular flexibility index (Phi) is 5.29. The van der Waals surface area contributed by atoms with E-state index in [4.69, 9.17) is 32.4 Å². The molecule has 2 amide bonds. The van der Waals surface area contributed by atoms with Crippen molar-refractivity contribution in [3.8, 4) is 5.75 Å². The van der Waals surface area contributed by atoms with Gasteiger partial charge in [-0.15, -0.1) is 0 Å². The summed E-state index contributed by atoms with van der Waals surface area (Å²) in [4.78, 5) is 37.2. The molecular weight excluding hydrogens is 493 g/mol. The number of fused-ring (bicyclic) bond motifs is 1. The summed E-state index contributed by atoms with van der Waals surface area (Å²) < 4.78 is 37.8. The maximum atomic E-state index is 13.6. The predicted octanol–water partition coefficient (Wildman–Crippen LogP) is 3.98. The molecule has 0 unspecified atom stereocenters. The van der Waals surface area contributed by atoms with Crippen LogP contribution in [0, 0.1) is 11.6 Å². The number of rotatable bonds is 6. The summed E-state index contributed by atoms with van der Waals surface area (Å²) in [7, 11) is 0. The number of halogens is 4. The van der Waals surface area contributed by atoms with Crippen molar-refractivity contribution in [2.24, 2.45) is 0 Å². The highest BCUT2D eigenvalue weighted by Crippen LogP contribution is 2.60. The molecule has 1 heterocycles. The molecule has 1 aromatic heterocycles. The van der Waals surface area contributed by atoms with E-state index in [0.29, 0.717) is 19.3 Å². The zero-order valence-corrected chi connectivity index (χ0v) is 18.9. The minimum atomic E-state index is -0.759. The van der Waals surface area contributed by atoms with E-state index in [9.17, 15) is 23.2 Å². The van der Waals surface area contributed by atoms with E-state index in [0.717, 1.165) is 24.3 Å². The minimum absolute atomic E-state index is 0.00551. The first-order chi connectivity index (χ1) is 16.1. The topological polar surface area (TPSA) is 97.6 Å². The van der Waals surface area contributed by atoms with Crippen LogP contribution in [0.5, 0.6) is 5.75 Å². The van der Waals surface area contributed by atoms with Gasteiger partial charge in [-0.2, -0.15) is 0 Å². The molecule has 2 N–H and O–H groups in total. The van der Waals surface area contributed by atoms with E-state index in [1.165, 1.54) is 12.1 Å². The Hall–Kier alpha value is -3.17. The first kappa shape index (κ1) is 22.6. The van der Waals surface area contributed by atoms with E-state index < -0.39 is 34.0 Å². The Morgan fingerprint density at radius 2 is 1.65 bits per heavy atom. The third-order valence-electron chi connectivity index (χ3n) is 6.07. The van der Waals surface area contributed by atoms with Crippen LogP contribution in [-0.2, 0) is 4.79 Å². The summed E-state index contributed by atoms with van der Waals surface area (Å²) >= 11 is 11.4. The summed E-state index contributed by atoms with van der Waals surface area (Å²) in [5.41, 5.74) is -1.53. The molecule has 2 bridgehead atoms. The molecule has 3 fully saturated rings. The van der Waals surface area contributed by atoms with E-state index in [2.05, 4.69) is 10.6 Å². The van der Waals surface area contributed by atoms with Gasteiger partial charge in [0.05, 0.1) is 15.4 Å². The first-order valence-electron chi connectivity index (χ1n) is 10.2. The zero-order chi connectivity index (χ0) is 24.3. The van der Waals surface area contributed by atoms with E-state index in [1.54, 1.807) is 0 Å². The van der Waals surface area contributed by atoms with Crippen molar-refractivity contribution in [3.05, 3.63) is 74.1 Å². The number of hydrogen-bond donors (Lipinski definition) is 2. The standard InChI is InChI=1S/C23H16Cl2F2N2O5/c24-13-2-1-11(3-15(13)26)33-7-20(31)28-22-8-23(9-22,10-22)29-21(32)19-6-17(30)12-4-16(27)14(25)5-18(12)34-19/h1-6H,7-10H2,(H,28,31)(H,29,32). The van der Waals surface area contributed by atoms with Crippen LogP contribution in [0.4, 0.5) is 8.78 Å². The second-order valence-corrected chi connectivity index (χ2v) is 9.51. The molecule has 0 saturated heterocycles. The van der Waals surface area contributed by atoms with Crippen molar-refractivity contribution in [1.29, 1.82) is 0 Å². The normalized spacial score (nSPS) is 22.5. The van der Waals surface area contributed by atoms with Crippen LogP contribution < -0.4 is 20.8 Å². The average molecular weight is 509 g/mol. The van der Waals surface area contributed by atoms with Gasteiger partial charge in [-0.25, -0.2) is 8.78 Å². The lowest BCUT2D eigenvalue weighted by molar-refractivity contribution is -0.141. The quantitative estimate of drug-likeness (QED) is 0.524. The molecule has 11 heteroatoms. The fourth-order valence-corrected chi connectivity index (χ4v) is 4.94. The minimum Gasteiger partial charge on any atom is -0.484 e. The summed E-state index contributed by atoms with van der Waals surface area (Å²) in [5.74, 6) is -2.41. The molecule has 0 radical (unpaired) electrons. The van der Waals surface area contributed by atoms with Crippen LogP contribution in [0.25, 0.3) is 11.0 Å². The van der Waals surface area contributed by atoms with Crippen LogP contribution in [0.15, 0.2) is 45.6 Å². The fraction of sp³-hybridized carbons (Fsp3) is 0.261. The van der Waals surface area contributed by atoms with Crippen LogP contribution in [0.2, 0.25) is 10.0 Å². The lowest BCUT2D eigenvalue weighted by atomic mass is 9.44.